The Bertz CT molecular complexity index is 634. The third-order valence-corrected chi connectivity index (χ3v) is 6.38. The molecule has 30 heavy (non-hydrogen) atoms. The number of ether oxygens (including phenoxy) is 1. The highest BCUT2D eigenvalue weighted by Gasteiger charge is 2.38. The van der Waals surface area contributed by atoms with E-state index in [9.17, 15) is 0 Å². The number of rotatable bonds is 14. The molecule has 0 aromatic heterocycles. The van der Waals surface area contributed by atoms with Gasteiger partial charge in [0.1, 0.15) is 5.76 Å². The molecule has 0 radical (unpaired) electrons. The van der Waals surface area contributed by atoms with Gasteiger partial charge in [-0.2, -0.15) is 0 Å². The molecule has 170 valence electrons. The lowest BCUT2D eigenvalue weighted by Gasteiger charge is -2.23. The normalized spacial score (nSPS) is 23.4. The first kappa shape index (κ1) is 24.6. The first-order chi connectivity index (χ1) is 14.2. The fourth-order valence-corrected chi connectivity index (χ4v) is 4.15. The molecule has 0 bridgehead atoms. The Morgan fingerprint density at radius 3 is 2.60 bits per heavy atom. The Kier molecular flexibility index (Phi) is 9.58. The van der Waals surface area contributed by atoms with E-state index in [4.69, 9.17) is 4.74 Å². The van der Waals surface area contributed by atoms with Crippen LogP contribution in [0.2, 0.25) is 0 Å². The van der Waals surface area contributed by atoms with Crippen LogP contribution in [0.3, 0.4) is 0 Å². The molecule has 0 aromatic carbocycles. The van der Waals surface area contributed by atoms with Crippen molar-refractivity contribution in [3.8, 4) is 0 Å². The van der Waals surface area contributed by atoms with Crippen molar-refractivity contribution in [2.75, 3.05) is 13.7 Å². The first-order valence-electron chi connectivity index (χ1n) is 12.0. The van der Waals surface area contributed by atoms with E-state index in [1.807, 2.05) is 13.2 Å². The summed E-state index contributed by atoms with van der Waals surface area (Å²) in [4.78, 5) is 0. The van der Waals surface area contributed by atoms with Crippen LogP contribution in [0.5, 0.6) is 0 Å². The number of allylic oxidation sites excluding steroid dienone is 4. The highest BCUT2D eigenvalue weighted by molar-refractivity contribution is 5.14. The fraction of sp³-hybridized carbons (Fsp3) is 0.704. The summed E-state index contributed by atoms with van der Waals surface area (Å²) < 4.78 is 5.88. The predicted octanol–water partition coefficient (Wildman–Crippen LogP) is 6.71. The largest absolute Gasteiger partial charge is 0.492 e. The fourth-order valence-electron chi connectivity index (χ4n) is 4.15. The molecule has 2 aliphatic rings. The topological polar surface area (TPSA) is 33.3 Å². The second-order valence-electron chi connectivity index (χ2n) is 10.4. The predicted molar refractivity (Wildman–Crippen MR) is 130 cm³/mol. The van der Waals surface area contributed by atoms with Gasteiger partial charge in [-0.15, -0.1) is 0 Å². The summed E-state index contributed by atoms with van der Waals surface area (Å²) in [5.41, 5.74) is 3.13. The maximum absolute atomic E-state index is 5.88. The van der Waals surface area contributed by atoms with Gasteiger partial charge >= 0.3 is 0 Å². The molecule has 0 spiro atoms. The van der Waals surface area contributed by atoms with Crippen molar-refractivity contribution in [2.45, 2.75) is 85.6 Å². The van der Waals surface area contributed by atoms with Crippen LogP contribution in [0.25, 0.3) is 0 Å². The minimum atomic E-state index is 0.303. The van der Waals surface area contributed by atoms with E-state index in [0.717, 1.165) is 30.6 Å². The third-order valence-electron chi connectivity index (χ3n) is 6.38. The average molecular weight is 415 g/mol. The van der Waals surface area contributed by atoms with Crippen molar-refractivity contribution >= 4 is 0 Å². The summed E-state index contributed by atoms with van der Waals surface area (Å²) in [7, 11) is 1.91. The van der Waals surface area contributed by atoms with Gasteiger partial charge in [-0.25, -0.2) is 0 Å². The van der Waals surface area contributed by atoms with Crippen molar-refractivity contribution in [3.63, 3.8) is 0 Å². The van der Waals surface area contributed by atoms with Crippen molar-refractivity contribution < 1.29 is 4.74 Å². The molecule has 0 aromatic rings. The molecule has 0 amide bonds. The Hall–Kier alpha value is -1.64. The third kappa shape index (κ3) is 9.02. The molecular formula is C27H46N2O. The summed E-state index contributed by atoms with van der Waals surface area (Å²) >= 11 is 0. The van der Waals surface area contributed by atoms with Gasteiger partial charge in [0.25, 0.3) is 0 Å². The zero-order valence-corrected chi connectivity index (χ0v) is 20.4. The average Bonchev–Trinajstić information content (AvgIpc) is 3.57. The van der Waals surface area contributed by atoms with Gasteiger partial charge < -0.3 is 15.4 Å². The van der Waals surface area contributed by atoms with E-state index in [2.05, 4.69) is 70.1 Å². The van der Waals surface area contributed by atoms with Crippen LogP contribution < -0.4 is 10.6 Å². The van der Waals surface area contributed by atoms with E-state index in [1.165, 1.54) is 44.2 Å². The first-order valence-corrected chi connectivity index (χ1v) is 12.0. The Labute approximate surface area is 186 Å². The summed E-state index contributed by atoms with van der Waals surface area (Å²) in [6.45, 7) is 16.6. The van der Waals surface area contributed by atoms with Crippen LogP contribution in [0.4, 0.5) is 0 Å². The summed E-state index contributed by atoms with van der Waals surface area (Å²) in [5.74, 6) is 3.19. The molecule has 3 unspecified atom stereocenters. The minimum Gasteiger partial charge on any atom is -0.492 e. The smallest absolute Gasteiger partial charge is 0.134 e. The van der Waals surface area contributed by atoms with Crippen LogP contribution >= 0.6 is 0 Å². The zero-order chi connectivity index (χ0) is 22.1. The van der Waals surface area contributed by atoms with Gasteiger partial charge in [0.2, 0.25) is 0 Å². The quantitative estimate of drug-likeness (QED) is 0.188. The maximum atomic E-state index is 5.88. The van der Waals surface area contributed by atoms with Crippen LogP contribution in [-0.2, 0) is 4.74 Å². The van der Waals surface area contributed by atoms with Gasteiger partial charge in [-0.3, -0.25) is 0 Å². The molecule has 2 fully saturated rings. The Morgan fingerprint density at radius 2 is 2.00 bits per heavy atom. The standard InChI is InChI=1S/C27H46N2O/c1-8-24(27(4,5)6)13-10-12-23-17-26(23)21(3)29-20(2)11-9-14-25(18-28-7)30-19-22-15-16-22/h8-9,14,18,20,22-23,26,28-29H,3,10-13,15-17,19H2,1-2,4-7H3/b14-9+,24-8+,25-18-. The van der Waals surface area contributed by atoms with Gasteiger partial charge in [-0.1, -0.05) is 45.1 Å². The van der Waals surface area contributed by atoms with Gasteiger partial charge in [0.05, 0.1) is 6.61 Å². The Morgan fingerprint density at radius 1 is 1.27 bits per heavy atom. The van der Waals surface area contributed by atoms with E-state index >= 15 is 0 Å². The van der Waals surface area contributed by atoms with Crippen molar-refractivity contribution in [3.05, 3.63) is 48.0 Å². The number of hydrogen-bond donors (Lipinski definition) is 2. The van der Waals surface area contributed by atoms with E-state index in [-0.39, 0.29) is 0 Å². The zero-order valence-electron chi connectivity index (χ0n) is 20.4. The molecule has 0 aliphatic heterocycles. The lowest BCUT2D eigenvalue weighted by Crippen LogP contribution is -2.25. The van der Waals surface area contributed by atoms with E-state index < -0.39 is 0 Å². The maximum Gasteiger partial charge on any atom is 0.134 e. The lowest BCUT2D eigenvalue weighted by atomic mass is 9.83. The molecule has 2 aliphatic carbocycles. The Balaban J connectivity index is 1.64. The van der Waals surface area contributed by atoms with Crippen molar-refractivity contribution in [1.82, 2.24) is 10.6 Å². The molecule has 2 rings (SSSR count). The molecule has 3 atom stereocenters. The molecular weight excluding hydrogens is 368 g/mol. The van der Waals surface area contributed by atoms with Gasteiger partial charge in [0.15, 0.2) is 0 Å². The second-order valence-corrected chi connectivity index (χ2v) is 10.4. The molecule has 0 heterocycles. The monoisotopic (exact) mass is 414 g/mol. The molecule has 3 nitrogen and oxygen atoms in total. The highest BCUT2D eigenvalue weighted by atomic mass is 16.5. The van der Waals surface area contributed by atoms with E-state index in [0.29, 0.717) is 17.4 Å². The summed E-state index contributed by atoms with van der Waals surface area (Å²) in [6, 6.07) is 0.393. The number of hydrogen-bond acceptors (Lipinski definition) is 3. The summed E-state index contributed by atoms with van der Waals surface area (Å²) in [6.07, 6.45) is 17.3. The van der Waals surface area contributed by atoms with Crippen LogP contribution in [0.15, 0.2) is 48.0 Å². The molecule has 3 heteroatoms. The highest BCUT2D eigenvalue weighted by Crippen LogP contribution is 2.46. The lowest BCUT2D eigenvalue weighted by molar-refractivity contribution is 0.209. The van der Waals surface area contributed by atoms with Gasteiger partial charge in [-0.05, 0) is 82.1 Å². The number of nitrogens with one attached hydrogen (secondary N) is 2. The van der Waals surface area contributed by atoms with Crippen LogP contribution in [0, 0.1) is 23.2 Å². The SMILES string of the molecule is C=C(NC(C)C/C=C/C(=C/NC)OCC1CC1)C1CC1CCC/C(=C\C)C(C)(C)C. The summed E-state index contributed by atoms with van der Waals surface area (Å²) in [5, 5.41) is 6.71. The molecule has 2 N–H and O–H groups in total. The van der Waals surface area contributed by atoms with Gasteiger partial charge in [0, 0.05) is 30.9 Å². The van der Waals surface area contributed by atoms with Crippen LogP contribution in [-0.4, -0.2) is 19.7 Å². The minimum absolute atomic E-state index is 0.303. The van der Waals surface area contributed by atoms with Crippen molar-refractivity contribution in [2.24, 2.45) is 23.2 Å². The van der Waals surface area contributed by atoms with Crippen LogP contribution in [0.1, 0.15) is 79.6 Å². The second kappa shape index (κ2) is 11.7. The van der Waals surface area contributed by atoms with Crippen molar-refractivity contribution in [1.29, 1.82) is 0 Å². The molecule has 0 saturated heterocycles. The van der Waals surface area contributed by atoms with E-state index in [1.54, 1.807) is 5.57 Å². The molecule has 2 saturated carbocycles.